The minimum atomic E-state index is 0.576. The van der Waals surface area contributed by atoms with E-state index in [0.29, 0.717) is 4.58 Å². The fourth-order valence-electron chi connectivity index (χ4n) is 1.14. The van der Waals surface area contributed by atoms with E-state index in [2.05, 4.69) is 17.2 Å². The van der Waals surface area contributed by atoms with Gasteiger partial charge in [0.05, 0.1) is 10.8 Å². The molecule has 63 valence electrons. The number of pyridine rings is 1. The fourth-order valence-corrected chi connectivity index (χ4v) is 3.95. The van der Waals surface area contributed by atoms with E-state index in [-0.39, 0.29) is 0 Å². The van der Waals surface area contributed by atoms with Crippen LogP contribution in [0.4, 0.5) is 0 Å². The molecule has 2 heterocycles. The molecule has 0 bridgehead atoms. The molecule has 0 unspecified atom stereocenters. The first-order valence-electron chi connectivity index (χ1n) is 4.02. The smallest absolute Gasteiger partial charge is 0.0941 e. The second-order valence-corrected chi connectivity index (χ2v) is 5.36. The summed E-state index contributed by atoms with van der Waals surface area (Å²) in [5.41, 5.74) is 1.24. The largest absolute Gasteiger partial charge is 0.254 e. The van der Waals surface area contributed by atoms with Gasteiger partial charge in [-0.05, 0) is 24.0 Å². The van der Waals surface area contributed by atoms with Gasteiger partial charge in [-0.1, -0.05) is 6.07 Å². The van der Waals surface area contributed by atoms with E-state index in [0.717, 1.165) is 0 Å². The lowest BCUT2D eigenvalue weighted by molar-refractivity contribution is 1.09. The Labute approximate surface area is 81.4 Å². The summed E-state index contributed by atoms with van der Waals surface area (Å²) in [6, 6.07) is 4.10. The molecule has 1 aromatic rings. The Morgan fingerprint density at radius 3 is 2.92 bits per heavy atom. The van der Waals surface area contributed by atoms with E-state index in [1.165, 1.54) is 23.5 Å². The maximum absolute atomic E-state index is 4.01. The summed E-state index contributed by atoms with van der Waals surface area (Å²) in [4.78, 5) is 4.01. The molecule has 0 aliphatic carbocycles. The third-order valence-electron chi connectivity index (χ3n) is 1.71. The van der Waals surface area contributed by atoms with Crippen molar-refractivity contribution >= 4 is 23.5 Å². The molecule has 1 nitrogen and oxygen atoms in total. The van der Waals surface area contributed by atoms with Gasteiger partial charge in [0.25, 0.3) is 0 Å². The van der Waals surface area contributed by atoms with E-state index in [1.807, 2.05) is 29.6 Å². The number of rotatable bonds is 1. The van der Waals surface area contributed by atoms with Gasteiger partial charge in [0.15, 0.2) is 0 Å². The van der Waals surface area contributed by atoms with Crippen LogP contribution < -0.4 is 0 Å². The van der Waals surface area contributed by atoms with Crippen molar-refractivity contribution < 1.29 is 0 Å². The summed E-state index contributed by atoms with van der Waals surface area (Å²) in [5, 5.41) is 0. The fraction of sp³-hybridized carbons (Fsp3) is 0.444. The van der Waals surface area contributed by atoms with Crippen LogP contribution in [0.5, 0.6) is 0 Å². The highest BCUT2D eigenvalue weighted by Crippen LogP contribution is 2.42. The van der Waals surface area contributed by atoms with Crippen LogP contribution >= 0.6 is 23.5 Å². The Morgan fingerprint density at radius 1 is 1.42 bits per heavy atom. The Balaban J connectivity index is 2.08. The summed E-state index contributed by atoms with van der Waals surface area (Å²) in [6.07, 6.45) is 6.17. The molecule has 2 rings (SSSR count). The Kier molecular flexibility index (Phi) is 2.95. The van der Waals surface area contributed by atoms with Crippen LogP contribution in [0.2, 0.25) is 0 Å². The van der Waals surface area contributed by atoms with Gasteiger partial charge in [-0.25, -0.2) is 0 Å². The molecule has 3 heteroatoms. The highest BCUT2D eigenvalue weighted by Gasteiger charge is 2.16. The average molecular weight is 196 g/mol. The van der Waals surface area contributed by atoms with Crippen LogP contribution in [0, 0.1) is 6.20 Å². The summed E-state index contributed by atoms with van der Waals surface area (Å²) in [6.45, 7) is 0. The van der Waals surface area contributed by atoms with Crippen LogP contribution in [0.3, 0.4) is 0 Å². The first-order chi connectivity index (χ1) is 5.97. The molecule has 1 aromatic heterocycles. The minimum Gasteiger partial charge on any atom is -0.254 e. The van der Waals surface area contributed by atoms with Crippen molar-refractivity contribution in [3.8, 4) is 0 Å². The molecule has 1 aliphatic rings. The van der Waals surface area contributed by atoms with E-state index < -0.39 is 0 Å². The van der Waals surface area contributed by atoms with E-state index >= 15 is 0 Å². The highest BCUT2D eigenvalue weighted by molar-refractivity contribution is 8.16. The quantitative estimate of drug-likeness (QED) is 0.685. The molecule has 1 fully saturated rings. The van der Waals surface area contributed by atoms with E-state index in [1.54, 1.807) is 6.20 Å². The van der Waals surface area contributed by atoms with Gasteiger partial charge in [-0.2, -0.15) is 0 Å². The molecule has 0 amide bonds. The van der Waals surface area contributed by atoms with Gasteiger partial charge in [-0.15, -0.1) is 23.5 Å². The predicted octanol–water partition coefficient (Wildman–Crippen LogP) is 2.75. The third-order valence-corrected chi connectivity index (χ3v) is 4.69. The second kappa shape index (κ2) is 4.19. The van der Waals surface area contributed by atoms with Crippen LogP contribution in [0.25, 0.3) is 0 Å². The van der Waals surface area contributed by atoms with Gasteiger partial charge >= 0.3 is 0 Å². The van der Waals surface area contributed by atoms with Crippen LogP contribution in [0.1, 0.15) is 16.6 Å². The zero-order chi connectivity index (χ0) is 8.23. The Bertz CT molecular complexity index is 232. The number of nitrogens with zero attached hydrogens (tertiary/aromatic N) is 1. The molecule has 0 atom stereocenters. The molecular formula is C9H10NS2. The molecule has 0 saturated carbocycles. The zero-order valence-electron chi connectivity index (χ0n) is 6.69. The SMILES string of the molecule is [c]1ncccc1C1SCCCS1. The number of hydrogen-bond acceptors (Lipinski definition) is 3. The minimum absolute atomic E-state index is 0.576. The van der Waals surface area contributed by atoms with Gasteiger partial charge in [-0.3, -0.25) is 4.98 Å². The summed E-state index contributed by atoms with van der Waals surface area (Å²) in [5.74, 6) is 2.56. The lowest BCUT2D eigenvalue weighted by Gasteiger charge is -2.20. The maximum atomic E-state index is 4.01. The highest BCUT2D eigenvalue weighted by atomic mass is 32.2. The van der Waals surface area contributed by atoms with Crippen molar-refractivity contribution in [2.45, 2.75) is 11.0 Å². The predicted molar refractivity (Wildman–Crippen MR) is 55.3 cm³/mol. The van der Waals surface area contributed by atoms with Crippen LogP contribution in [-0.2, 0) is 0 Å². The first kappa shape index (κ1) is 8.45. The molecule has 12 heavy (non-hydrogen) atoms. The molecule has 1 radical (unpaired) electrons. The Hall–Kier alpha value is -0.150. The standard InChI is InChI=1S/C9H10NS2/c1-3-8(7-10-4-1)9-11-5-2-6-12-9/h1,3-4,9H,2,5-6H2. The zero-order valence-corrected chi connectivity index (χ0v) is 8.33. The normalized spacial score (nSPS) is 19.3. The van der Waals surface area contributed by atoms with Gasteiger partial charge in [0.1, 0.15) is 0 Å². The van der Waals surface area contributed by atoms with Crippen molar-refractivity contribution in [2.75, 3.05) is 11.5 Å². The molecule has 1 saturated heterocycles. The molecular weight excluding hydrogens is 186 g/mol. The molecule has 0 spiro atoms. The monoisotopic (exact) mass is 196 g/mol. The van der Waals surface area contributed by atoms with E-state index in [4.69, 9.17) is 0 Å². The lowest BCUT2D eigenvalue weighted by atomic mass is 10.3. The van der Waals surface area contributed by atoms with Crippen LogP contribution in [0.15, 0.2) is 18.3 Å². The molecule has 0 N–H and O–H groups in total. The molecule has 1 aliphatic heterocycles. The number of hydrogen-bond donors (Lipinski definition) is 0. The summed E-state index contributed by atoms with van der Waals surface area (Å²) >= 11 is 4.02. The van der Waals surface area contributed by atoms with Gasteiger partial charge in [0, 0.05) is 11.8 Å². The third kappa shape index (κ3) is 1.96. The van der Waals surface area contributed by atoms with E-state index in [9.17, 15) is 0 Å². The van der Waals surface area contributed by atoms with Crippen molar-refractivity contribution in [3.05, 3.63) is 30.1 Å². The number of aromatic nitrogens is 1. The second-order valence-electron chi connectivity index (χ2n) is 2.63. The summed E-state index contributed by atoms with van der Waals surface area (Å²) < 4.78 is 0.576. The van der Waals surface area contributed by atoms with Crippen molar-refractivity contribution in [3.63, 3.8) is 0 Å². The maximum Gasteiger partial charge on any atom is 0.0941 e. The Morgan fingerprint density at radius 2 is 2.25 bits per heavy atom. The summed E-state index contributed by atoms with van der Waals surface area (Å²) in [7, 11) is 0. The van der Waals surface area contributed by atoms with Gasteiger partial charge < -0.3 is 0 Å². The van der Waals surface area contributed by atoms with Crippen molar-refractivity contribution in [1.82, 2.24) is 4.98 Å². The average Bonchev–Trinajstić information content (AvgIpc) is 2.21. The molecule has 0 aromatic carbocycles. The van der Waals surface area contributed by atoms with Crippen LogP contribution in [-0.4, -0.2) is 16.5 Å². The lowest BCUT2D eigenvalue weighted by Crippen LogP contribution is -2.00. The van der Waals surface area contributed by atoms with Crippen molar-refractivity contribution in [2.24, 2.45) is 0 Å². The van der Waals surface area contributed by atoms with Crippen molar-refractivity contribution in [1.29, 1.82) is 0 Å². The van der Waals surface area contributed by atoms with Gasteiger partial charge in [0.2, 0.25) is 0 Å². The first-order valence-corrected chi connectivity index (χ1v) is 6.12. The number of thioether (sulfide) groups is 2. The topological polar surface area (TPSA) is 12.9 Å².